The highest BCUT2D eigenvalue weighted by molar-refractivity contribution is 7.16. The smallest absolute Gasteiger partial charge is 0.104 e. The van der Waals surface area contributed by atoms with Gasteiger partial charge in [-0.15, -0.1) is 11.3 Å². The topological polar surface area (TPSA) is 23.5 Å². The van der Waals surface area contributed by atoms with Gasteiger partial charge in [0, 0.05) is 23.5 Å². The van der Waals surface area contributed by atoms with Gasteiger partial charge >= 0.3 is 0 Å². The fourth-order valence-electron chi connectivity index (χ4n) is 1.91. The number of rotatable bonds is 4. The van der Waals surface area contributed by atoms with Crippen LogP contribution in [0.5, 0.6) is 0 Å². The van der Waals surface area contributed by atoms with Crippen LogP contribution in [-0.2, 0) is 13.1 Å². The minimum atomic E-state index is -0.103. The number of aliphatic hydroxyl groups excluding tert-OH is 1. The van der Waals surface area contributed by atoms with Crippen molar-refractivity contribution in [2.75, 3.05) is 13.7 Å². The minimum absolute atomic E-state index is 0.103. The molecule has 0 aliphatic rings. The molecule has 20 heavy (non-hydrogen) atoms. The summed E-state index contributed by atoms with van der Waals surface area (Å²) in [6.45, 7) is 1.67. The number of nitrogens with zero attached hydrogens (tertiary/aromatic N) is 1. The van der Waals surface area contributed by atoms with Crippen LogP contribution >= 0.6 is 22.9 Å². The van der Waals surface area contributed by atoms with E-state index in [-0.39, 0.29) is 6.61 Å². The summed E-state index contributed by atoms with van der Waals surface area (Å²) in [5.74, 6) is 5.53. The van der Waals surface area contributed by atoms with Gasteiger partial charge in [0.15, 0.2) is 0 Å². The van der Waals surface area contributed by atoms with Crippen LogP contribution in [-0.4, -0.2) is 23.7 Å². The van der Waals surface area contributed by atoms with Crippen molar-refractivity contribution in [1.82, 2.24) is 4.90 Å². The second-order valence-electron chi connectivity index (χ2n) is 4.53. The lowest BCUT2D eigenvalue weighted by molar-refractivity contribution is 0.322. The summed E-state index contributed by atoms with van der Waals surface area (Å²) in [5.41, 5.74) is 2.17. The van der Waals surface area contributed by atoms with E-state index in [0.717, 1.165) is 23.0 Å². The van der Waals surface area contributed by atoms with Gasteiger partial charge in [0.05, 0.1) is 4.34 Å². The van der Waals surface area contributed by atoms with Crippen LogP contribution in [0.2, 0.25) is 4.34 Å². The molecule has 1 aromatic heterocycles. The fourth-order valence-corrected chi connectivity index (χ4v) is 3.07. The van der Waals surface area contributed by atoms with Crippen molar-refractivity contribution in [3.05, 3.63) is 56.7 Å². The Morgan fingerprint density at radius 3 is 2.50 bits per heavy atom. The van der Waals surface area contributed by atoms with E-state index in [1.165, 1.54) is 10.4 Å². The normalized spacial score (nSPS) is 10.4. The summed E-state index contributed by atoms with van der Waals surface area (Å²) in [4.78, 5) is 3.51. The Labute approximate surface area is 128 Å². The summed E-state index contributed by atoms with van der Waals surface area (Å²) in [7, 11) is 2.09. The highest BCUT2D eigenvalue weighted by atomic mass is 35.5. The molecule has 1 N–H and O–H groups in total. The van der Waals surface area contributed by atoms with Crippen molar-refractivity contribution in [2.45, 2.75) is 13.1 Å². The van der Waals surface area contributed by atoms with Gasteiger partial charge in [-0.3, -0.25) is 4.90 Å². The first-order chi connectivity index (χ1) is 9.67. The maximum Gasteiger partial charge on any atom is 0.104 e. The molecule has 0 bridgehead atoms. The summed E-state index contributed by atoms with van der Waals surface area (Å²) >= 11 is 7.55. The predicted octanol–water partition coefficient (Wildman–Crippen LogP) is 3.38. The molecule has 0 fully saturated rings. The summed E-state index contributed by atoms with van der Waals surface area (Å²) in [5, 5.41) is 8.65. The largest absolute Gasteiger partial charge is 0.384 e. The Morgan fingerprint density at radius 1 is 1.15 bits per heavy atom. The van der Waals surface area contributed by atoms with Gasteiger partial charge in [0.1, 0.15) is 6.61 Å². The van der Waals surface area contributed by atoms with Crippen LogP contribution in [0.1, 0.15) is 16.0 Å². The second-order valence-corrected chi connectivity index (χ2v) is 6.33. The lowest BCUT2D eigenvalue weighted by atomic mass is 10.1. The van der Waals surface area contributed by atoms with Crippen LogP contribution in [0.3, 0.4) is 0 Å². The van der Waals surface area contributed by atoms with E-state index in [0.29, 0.717) is 0 Å². The molecule has 0 unspecified atom stereocenters. The van der Waals surface area contributed by atoms with E-state index >= 15 is 0 Å². The Bertz CT molecular complexity index is 609. The van der Waals surface area contributed by atoms with Gasteiger partial charge in [-0.25, -0.2) is 0 Å². The van der Waals surface area contributed by atoms with Gasteiger partial charge in [0.25, 0.3) is 0 Å². The summed E-state index contributed by atoms with van der Waals surface area (Å²) < 4.78 is 0.834. The van der Waals surface area contributed by atoms with E-state index < -0.39 is 0 Å². The molecule has 0 atom stereocenters. The van der Waals surface area contributed by atoms with Crippen LogP contribution in [0.15, 0.2) is 36.4 Å². The van der Waals surface area contributed by atoms with E-state index in [9.17, 15) is 0 Å². The zero-order chi connectivity index (χ0) is 14.4. The summed E-state index contributed by atoms with van der Waals surface area (Å²) in [6, 6.07) is 12.1. The number of benzene rings is 1. The molecular formula is C16H16ClNOS. The Balaban J connectivity index is 1.92. The lowest BCUT2D eigenvalue weighted by Crippen LogP contribution is -2.16. The van der Waals surface area contributed by atoms with Crippen LogP contribution in [0.4, 0.5) is 0 Å². The molecule has 0 amide bonds. The van der Waals surface area contributed by atoms with Gasteiger partial charge < -0.3 is 5.11 Å². The maximum atomic E-state index is 8.65. The molecule has 1 heterocycles. The number of thiophene rings is 1. The third-order valence-corrected chi connectivity index (χ3v) is 3.99. The molecule has 1 aromatic carbocycles. The third-order valence-electron chi connectivity index (χ3n) is 2.77. The first-order valence-electron chi connectivity index (χ1n) is 6.29. The quantitative estimate of drug-likeness (QED) is 0.875. The molecule has 0 aliphatic carbocycles. The lowest BCUT2D eigenvalue weighted by Gasteiger charge is -2.15. The van der Waals surface area contributed by atoms with Crippen molar-refractivity contribution in [3.8, 4) is 11.8 Å². The van der Waals surface area contributed by atoms with Crippen molar-refractivity contribution in [2.24, 2.45) is 0 Å². The number of hydrogen-bond donors (Lipinski definition) is 1. The molecule has 0 saturated carbocycles. The van der Waals surface area contributed by atoms with Crippen molar-refractivity contribution >= 4 is 22.9 Å². The van der Waals surface area contributed by atoms with E-state index in [1.807, 2.05) is 18.2 Å². The highest BCUT2D eigenvalue weighted by Gasteiger charge is 2.04. The predicted molar refractivity (Wildman–Crippen MR) is 84.9 cm³/mol. The van der Waals surface area contributed by atoms with E-state index in [2.05, 4.69) is 42.0 Å². The average molecular weight is 306 g/mol. The molecule has 0 saturated heterocycles. The molecule has 4 heteroatoms. The van der Waals surface area contributed by atoms with Crippen molar-refractivity contribution in [1.29, 1.82) is 0 Å². The Morgan fingerprint density at radius 2 is 1.90 bits per heavy atom. The zero-order valence-corrected chi connectivity index (χ0v) is 12.8. The Hall–Kier alpha value is -1.31. The molecule has 0 aliphatic heterocycles. The van der Waals surface area contributed by atoms with E-state index in [4.69, 9.17) is 16.7 Å². The number of halogens is 1. The first kappa shape index (κ1) is 15.1. The Kier molecular flexibility index (Phi) is 5.63. The SMILES string of the molecule is CN(Cc1ccc(C#CCO)cc1)Cc1ccc(Cl)s1. The third kappa shape index (κ3) is 4.66. The van der Waals surface area contributed by atoms with Crippen LogP contribution < -0.4 is 0 Å². The molecule has 0 radical (unpaired) electrons. The standard InChI is InChI=1S/C16H16ClNOS/c1-18(12-15-8-9-16(17)20-15)11-14-6-4-13(5-7-14)3-2-10-19/h4-9,19H,10-12H2,1H3. The monoisotopic (exact) mass is 305 g/mol. The van der Waals surface area contributed by atoms with Crippen LogP contribution in [0.25, 0.3) is 0 Å². The van der Waals surface area contributed by atoms with Crippen molar-refractivity contribution < 1.29 is 5.11 Å². The van der Waals surface area contributed by atoms with Gasteiger partial charge in [-0.05, 0) is 36.9 Å². The fraction of sp³-hybridized carbons (Fsp3) is 0.250. The number of aliphatic hydroxyl groups is 1. The molecule has 2 aromatic rings. The van der Waals surface area contributed by atoms with Crippen molar-refractivity contribution in [3.63, 3.8) is 0 Å². The van der Waals surface area contributed by atoms with Gasteiger partial charge in [0.2, 0.25) is 0 Å². The minimum Gasteiger partial charge on any atom is -0.384 e. The van der Waals surface area contributed by atoms with Crippen LogP contribution in [0, 0.1) is 11.8 Å². The molecule has 2 nitrogen and oxygen atoms in total. The number of hydrogen-bond acceptors (Lipinski definition) is 3. The molecule has 0 spiro atoms. The second kappa shape index (κ2) is 7.47. The summed E-state index contributed by atoms with van der Waals surface area (Å²) in [6.07, 6.45) is 0. The first-order valence-corrected chi connectivity index (χ1v) is 7.48. The van der Waals surface area contributed by atoms with E-state index in [1.54, 1.807) is 11.3 Å². The molecule has 104 valence electrons. The zero-order valence-electron chi connectivity index (χ0n) is 11.3. The molecular weight excluding hydrogens is 290 g/mol. The molecule has 2 rings (SSSR count). The maximum absolute atomic E-state index is 8.65. The van der Waals surface area contributed by atoms with Gasteiger partial charge in [-0.2, -0.15) is 0 Å². The average Bonchev–Trinajstić information content (AvgIpc) is 2.83. The highest BCUT2D eigenvalue weighted by Crippen LogP contribution is 2.22. The van der Waals surface area contributed by atoms with Gasteiger partial charge in [-0.1, -0.05) is 35.6 Å².